The zero-order valence-electron chi connectivity index (χ0n) is 15.3. The first-order valence-corrected chi connectivity index (χ1v) is 11.3. The molecule has 0 radical (unpaired) electrons. The van der Waals surface area contributed by atoms with E-state index in [1.165, 1.54) is 0 Å². The van der Waals surface area contributed by atoms with Gasteiger partial charge in [0.15, 0.2) is 0 Å². The van der Waals surface area contributed by atoms with Crippen LogP contribution in [-0.4, -0.2) is 31.5 Å². The summed E-state index contributed by atoms with van der Waals surface area (Å²) in [5.41, 5.74) is 1.09. The molecule has 1 aromatic carbocycles. The fourth-order valence-corrected chi connectivity index (χ4v) is 5.91. The maximum atomic E-state index is 13.2. The Kier molecular flexibility index (Phi) is 10.8. The van der Waals surface area contributed by atoms with Gasteiger partial charge in [-0.15, -0.1) is 0 Å². The predicted molar refractivity (Wildman–Crippen MR) is 101 cm³/mol. The molecule has 0 fully saturated rings. The lowest BCUT2D eigenvalue weighted by molar-refractivity contribution is 0.0366. The zero-order valence-corrected chi connectivity index (χ0v) is 17.4. The highest BCUT2D eigenvalue weighted by molar-refractivity contribution is 7.64. The minimum Gasteiger partial charge on any atom is -0.377 e. The summed E-state index contributed by atoms with van der Waals surface area (Å²) in [6, 6.07) is 9.85. The SMILES string of the molecule is CCOC(CCCOCc1ccccc1)([PH2]=O)P(=O)(OCC)OCC. The molecular weight excluding hydrogens is 362 g/mol. The second kappa shape index (κ2) is 12.0. The second-order valence-corrected chi connectivity index (χ2v) is 9.29. The maximum Gasteiger partial charge on any atom is 0.369 e. The summed E-state index contributed by atoms with van der Waals surface area (Å²) in [5, 5.41) is -1.39. The highest BCUT2D eigenvalue weighted by Crippen LogP contribution is 2.67. The van der Waals surface area contributed by atoms with Crippen molar-refractivity contribution in [2.24, 2.45) is 0 Å². The zero-order chi connectivity index (χ0) is 18.6. The molecule has 0 saturated carbocycles. The van der Waals surface area contributed by atoms with Crippen LogP contribution in [0.4, 0.5) is 0 Å². The number of ether oxygens (including phenoxy) is 2. The number of rotatable bonds is 14. The van der Waals surface area contributed by atoms with Crippen LogP contribution in [0.15, 0.2) is 30.3 Å². The highest BCUT2D eigenvalue weighted by atomic mass is 31.2. The molecule has 0 aliphatic carbocycles. The van der Waals surface area contributed by atoms with E-state index in [9.17, 15) is 9.13 Å². The summed E-state index contributed by atoms with van der Waals surface area (Å²) in [4.78, 5) is 0. The molecule has 144 valence electrons. The van der Waals surface area contributed by atoms with Crippen LogP contribution in [0, 0.1) is 0 Å². The average molecular weight is 392 g/mol. The van der Waals surface area contributed by atoms with Crippen molar-refractivity contribution in [2.75, 3.05) is 26.4 Å². The molecule has 0 aliphatic heterocycles. The van der Waals surface area contributed by atoms with Gasteiger partial charge in [0.25, 0.3) is 0 Å². The Bertz CT molecular complexity index is 529. The Balaban J connectivity index is 2.67. The normalized spacial score (nSPS) is 14.8. The first kappa shape index (κ1) is 22.6. The molecule has 0 saturated heterocycles. The van der Waals surface area contributed by atoms with Gasteiger partial charge in [-0.1, -0.05) is 30.3 Å². The number of hydrogen-bond acceptors (Lipinski definition) is 6. The van der Waals surface area contributed by atoms with Crippen LogP contribution in [-0.2, 0) is 34.3 Å². The summed E-state index contributed by atoms with van der Waals surface area (Å²) in [5.74, 6) is 0. The Labute approximate surface area is 151 Å². The molecule has 8 heteroatoms. The monoisotopic (exact) mass is 392 g/mol. The highest BCUT2D eigenvalue weighted by Gasteiger charge is 2.51. The lowest BCUT2D eigenvalue weighted by Crippen LogP contribution is -2.29. The standard InChI is InChI=1S/C17H30O6P2/c1-4-21-17(24-18,25(19,22-5-2)23-6-3)13-10-14-20-15-16-11-8-7-9-12-16/h7-9,11-12H,4-6,10,13-15,24H2,1-3H3. The van der Waals surface area contributed by atoms with Crippen LogP contribution in [0.2, 0.25) is 0 Å². The quantitative estimate of drug-likeness (QED) is 0.338. The van der Waals surface area contributed by atoms with Crippen molar-refractivity contribution < 1.29 is 27.7 Å². The molecule has 0 heterocycles. The van der Waals surface area contributed by atoms with E-state index in [-0.39, 0.29) is 19.8 Å². The third-order valence-corrected chi connectivity index (χ3v) is 8.14. The topological polar surface area (TPSA) is 71.1 Å². The van der Waals surface area contributed by atoms with Gasteiger partial charge in [0.2, 0.25) is 5.08 Å². The molecule has 0 aliphatic rings. The van der Waals surface area contributed by atoms with Crippen molar-refractivity contribution in [3.63, 3.8) is 0 Å². The fourth-order valence-electron chi connectivity index (χ4n) is 2.48. The van der Waals surface area contributed by atoms with Gasteiger partial charge in [0.1, 0.15) is 8.46 Å². The largest absolute Gasteiger partial charge is 0.377 e. The van der Waals surface area contributed by atoms with Crippen LogP contribution >= 0.6 is 16.1 Å². The van der Waals surface area contributed by atoms with Gasteiger partial charge in [0, 0.05) is 13.2 Å². The minimum atomic E-state index is -3.64. The van der Waals surface area contributed by atoms with Crippen molar-refractivity contribution in [3.05, 3.63) is 35.9 Å². The van der Waals surface area contributed by atoms with E-state index < -0.39 is 21.1 Å². The summed E-state index contributed by atoms with van der Waals surface area (Å²) in [6.45, 7) is 6.87. The predicted octanol–water partition coefficient (Wildman–Crippen LogP) is 4.70. The molecular formula is C17H30O6P2. The molecule has 2 atom stereocenters. The molecule has 0 aromatic heterocycles. The van der Waals surface area contributed by atoms with E-state index in [1.807, 2.05) is 30.3 Å². The Hall–Kier alpha value is -0.480. The van der Waals surface area contributed by atoms with Crippen molar-refractivity contribution in [1.29, 1.82) is 0 Å². The average Bonchev–Trinajstić information content (AvgIpc) is 2.61. The third kappa shape index (κ3) is 6.63. The lowest BCUT2D eigenvalue weighted by atomic mass is 10.2. The summed E-state index contributed by atoms with van der Waals surface area (Å²) < 4.78 is 47.3. The van der Waals surface area contributed by atoms with E-state index in [4.69, 9.17) is 18.5 Å². The van der Waals surface area contributed by atoms with Crippen molar-refractivity contribution in [1.82, 2.24) is 0 Å². The van der Waals surface area contributed by atoms with Crippen molar-refractivity contribution in [3.8, 4) is 0 Å². The molecule has 0 spiro atoms. The summed E-state index contributed by atoms with van der Waals surface area (Å²) in [6.07, 6.45) is 0.845. The van der Waals surface area contributed by atoms with Crippen LogP contribution in [0.3, 0.4) is 0 Å². The maximum absolute atomic E-state index is 13.2. The van der Waals surface area contributed by atoms with E-state index in [2.05, 4.69) is 0 Å². The van der Waals surface area contributed by atoms with Gasteiger partial charge in [-0.05, 0) is 39.2 Å². The first-order chi connectivity index (χ1) is 12.1. The molecule has 25 heavy (non-hydrogen) atoms. The first-order valence-electron chi connectivity index (χ1n) is 8.68. The molecule has 6 nitrogen and oxygen atoms in total. The Morgan fingerprint density at radius 3 is 2.20 bits per heavy atom. The van der Waals surface area contributed by atoms with Gasteiger partial charge in [0.05, 0.1) is 19.8 Å². The van der Waals surface area contributed by atoms with Crippen LogP contribution in [0.25, 0.3) is 0 Å². The van der Waals surface area contributed by atoms with Crippen molar-refractivity contribution in [2.45, 2.75) is 45.3 Å². The molecule has 2 unspecified atom stereocenters. The van der Waals surface area contributed by atoms with E-state index in [1.54, 1.807) is 20.8 Å². The Morgan fingerprint density at radius 1 is 1.04 bits per heavy atom. The van der Waals surface area contributed by atoms with Gasteiger partial charge in [-0.2, -0.15) is 0 Å². The lowest BCUT2D eigenvalue weighted by Gasteiger charge is -2.34. The third-order valence-electron chi connectivity index (χ3n) is 3.58. The Morgan fingerprint density at radius 2 is 1.68 bits per heavy atom. The van der Waals surface area contributed by atoms with E-state index in [0.29, 0.717) is 26.1 Å². The minimum absolute atomic E-state index is 0.204. The van der Waals surface area contributed by atoms with Gasteiger partial charge >= 0.3 is 7.60 Å². The molecule has 1 aromatic rings. The molecule has 1 rings (SSSR count). The van der Waals surface area contributed by atoms with Crippen LogP contribution in [0.1, 0.15) is 39.2 Å². The second-order valence-electron chi connectivity index (χ2n) is 5.37. The van der Waals surface area contributed by atoms with Crippen LogP contribution in [0.5, 0.6) is 0 Å². The van der Waals surface area contributed by atoms with E-state index in [0.717, 1.165) is 5.56 Å². The number of hydrogen-bond donors (Lipinski definition) is 0. The van der Waals surface area contributed by atoms with Gasteiger partial charge in [-0.25, -0.2) is 0 Å². The van der Waals surface area contributed by atoms with Crippen molar-refractivity contribution >= 4 is 16.1 Å². The molecule has 0 N–H and O–H groups in total. The van der Waals surface area contributed by atoms with E-state index >= 15 is 0 Å². The molecule has 0 bridgehead atoms. The van der Waals surface area contributed by atoms with Gasteiger partial charge < -0.3 is 23.1 Å². The smallest absolute Gasteiger partial charge is 0.369 e. The van der Waals surface area contributed by atoms with Crippen LogP contribution < -0.4 is 0 Å². The van der Waals surface area contributed by atoms with Gasteiger partial charge in [-0.3, -0.25) is 4.57 Å². The number of benzene rings is 1. The summed E-state index contributed by atoms with van der Waals surface area (Å²) in [7, 11) is -5.15. The molecule has 0 amide bonds. The summed E-state index contributed by atoms with van der Waals surface area (Å²) >= 11 is 0. The fraction of sp³-hybridized carbons (Fsp3) is 0.647.